The molecule has 29 heavy (non-hydrogen) atoms. The summed E-state index contributed by atoms with van der Waals surface area (Å²) in [5, 5.41) is 13.5. The number of hydrogen-bond donors (Lipinski definition) is 3. The number of hydrazine groups is 1. The van der Waals surface area contributed by atoms with E-state index in [2.05, 4.69) is 16.2 Å². The minimum Gasteiger partial charge on any atom is -0.326 e. The molecular formula is C19H19ClN4O5. The van der Waals surface area contributed by atoms with Crippen molar-refractivity contribution in [1.29, 1.82) is 0 Å². The number of carbonyl (C=O) groups is 3. The average Bonchev–Trinajstić information content (AvgIpc) is 2.67. The van der Waals surface area contributed by atoms with Crippen LogP contribution < -0.4 is 16.2 Å². The molecule has 3 amide bonds. The summed E-state index contributed by atoms with van der Waals surface area (Å²) in [6.45, 7) is 3.76. The Labute approximate surface area is 171 Å². The van der Waals surface area contributed by atoms with Crippen molar-refractivity contribution in [3.63, 3.8) is 0 Å². The van der Waals surface area contributed by atoms with Crippen LogP contribution >= 0.6 is 11.6 Å². The summed E-state index contributed by atoms with van der Waals surface area (Å²) in [5.41, 5.74) is 6.40. The topological polar surface area (TPSA) is 130 Å². The third-order valence-corrected chi connectivity index (χ3v) is 4.29. The van der Waals surface area contributed by atoms with Crippen molar-refractivity contribution >= 4 is 40.7 Å². The molecule has 0 unspecified atom stereocenters. The molecule has 2 aromatic rings. The molecule has 0 aliphatic heterocycles. The molecule has 152 valence electrons. The molecule has 0 radical (unpaired) electrons. The second-order valence-electron chi connectivity index (χ2n) is 6.29. The molecule has 0 heterocycles. The van der Waals surface area contributed by atoms with Crippen LogP contribution in [0.25, 0.3) is 0 Å². The van der Waals surface area contributed by atoms with Crippen LogP contribution in [-0.4, -0.2) is 22.6 Å². The number of nitrogens with zero attached hydrogens (tertiary/aromatic N) is 1. The van der Waals surface area contributed by atoms with Crippen molar-refractivity contribution in [2.45, 2.75) is 26.7 Å². The first-order valence-corrected chi connectivity index (χ1v) is 8.95. The van der Waals surface area contributed by atoms with Crippen LogP contribution in [-0.2, 0) is 9.59 Å². The van der Waals surface area contributed by atoms with Crippen LogP contribution in [0.1, 0.15) is 34.3 Å². The van der Waals surface area contributed by atoms with E-state index in [0.29, 0.717) is 5.69 Å². The zero-order valence-corrected chi connectivity index (χ0v) is 16.5. The normalized spacial score (nSPS) is 10.2. The van der Waals surface area contributed by atoms with E-state index >= 15 is 0 Å². The van der Waals surface area contributed by atoms with E-state index in [0.717, 1.165) is 17.2 Å². The van der Waals surface area contributed by atoms with E-state index in [4.69, 9.17) is 11.6 Å². The molecule has 0 atom stereocenters. The summed E-state index contributed by atoms with van der Waals surface area (Å²) in [5.74, 6) is -1.68. The lowest BCUT2D eigenvalue weighted by Gasteiger charge is -2.10. The Bertz CT molecular complexity index is 977. The van der Waals surface area contributed by atoms with Gasteiger partial charge in [-0.2, -0.15) is 0 Å². The van der Waals surface area contributed by atoms with Gasteiger partial charge in [0.15, 0.2) is 0 Å². The third kappa shape index (κ3) is 6.28. The number of anilines is 1. The maximum absolute atomic E-state index is 12.0. The fourth-order valence-corrected chi connectivity index (χ4v) is 2.55. The van der Waals surface area contributed by atoms with Crippen LogP contribution in [0, 0.1) is 24.0 Å². The van der Waals surface area contributed by atoms with Gasteiger partial charge in [0.1, 0.15) is 5.02 Å². The molecule has 0 saturated carbocycles. The second-order valence-corrected chi connectivity index (χ2v) is 6.70. The molecule has 3 N–H and O–H groups in total. The molecule has 10 heteroatoms. The highest BCUT2D eigenvalue weighted by atomic mass is 35.5. The standard InChI is InChI=1S/C19H19ClN4O5/c1-11-3-4-12(2)15(9-11)21-17(25)7-8-18(26)22-23-19(27)13-5-6-14(20)16(10-13)24(28)29/h3-6,9-10H,7-8H2,1-2H3,(H,21,25)(H,22,26)(H,23,27). The smallest absolute Gasteiger partial charge is 0.288 e. The summed E-state index contributed by atoms with van der Waals surface area (Å²) in [4.78, 5) is 46.0. The van der Waals surface area contributed by atoms with E-state index in [1.807, 2.05) is 32.0 Å². The first-order chi connectivity index (χ1) is 13.7. The van der Waals surface area contributed by atoms with Gasteiger partial charge in [0.25, 0.3) is 11.6 Å². The van der Waals surface area contributed by atoms with Gasteiger partial charge in [0.2, 0.25) is 11.8 Å². The summed E-state index contributed by atoms with van der Waals surface area (Å²) >= 11 is 5.69. The SMILES string of the molecule is Cc1ccc(C)c(NC(=O)CCC(=O)NNC(=O)c2ccc(Cl)c([N+](=O)[O-])c2)c1. The lowest BCUT2D eigenvalue weighted by atomic mass is 10.1. The van der Waals surface area contributed by atoms with Gasteiger partial charge in [-0.1, -0.05) is 23.7 Å². The predicted octanol–water partition coefficient (Wildman–Crippen LogP) is 3.04. The van der Waals surface area contributed by atoms with Gasteiger partial charge < -0.3 is 5.32 Å². The molecule has 0 saturated heterocycles. The van der Waals surface area contributed by atoms with E-state index in [-0.39, 0.29) is 29.3 Å². The molecule has 0 aromatic heterocycles. The summed E-state index contributed by atoms with van der Waals surface area (Å²) in [6, 6.07) is 9.15. The zero-order valence-electron chi connectivity index (χ0n) is 15.7. The Morgan fingerprint density at radius 2 is 1.69 bits per heavy atom. The van der Waals surface area contributed by atoms with Gasteiger partial charge >= 0.3 is 0 Å². The fourth-order valence-electron chi connectivity index (χ4n) is 2.37. The Hall–Kier alpha value is -3.46. The van der Waals surface area contributed by atoms with Gasteiger partial charge in [-0.25, -0.2) is 0 Å². The van der Waals surface area contributed by atoms with E-state index in [1.165, 1.54) is 12.1 Å². The number of benzene rings is 2. The minimum atomic E-state index is -0.752. The van der Waals surface area contributed by atoms with Gasteiger partial charge in [-0.15, -0.1) is 0 Å². The first-order valence-electron chi connectivity index (χ1n) is 8.57. The van der Waals surface area contributed by atoms with Crippen LogP contribution in [0.2, 0.25) is 5.02 Å². The lowest BCUT2D eigenvalue weighted by Crippen LogP contribution is -2.41. The van der Waals surface area contributed by atoms with Crippen molar-refractivity contribution in [3.05, 3.63) is 68.2 Å². The largest absolute Gasteiger partial charge is 0.326 e. The predicted molar refractivity (Wildman–Crippen MR) is 107 cm³/mol. The van der Waals surface area contributed by atoms with Crippen LogP contribution in [0.5, 0.6) is 0 Å². The third-order valence-electron chi connectivity index (χ3n) is 3.97. The Morgan fingerprint density at radius 3 is 2.38 bits per heavy atom. The number of nitro groups is 1. The number of carbonyl (C=O) groups excluding carboxylic acids is 3. The Balaban J connectivity index is 1.83. The lowest BCUT2D eigenvalue weighted by molar-refractivity contribution is -0.384. The Morgan fingerprint density at radius 1 is 1.00 bits per heavy atom. The number of rotatable bonds is 6. The minimum absolute atomic E-state index is 0.0472. The number of amides is 3. The van der Waals surface area contributed by atoms with E-state index in [1.54, 1.807) is 0 Å². The van der Waals surface area contributed by atoms with Crippen molar-refractivity contribution in [2.75, 3.05) is 5.32 Å². The summed E-state index contributed by atoms with van der Waals surface area (Å²) in [7, 11) is 0. The highest BCUT2D eigenvalue weighted by molar-refractivity contribution is 6.32. The number of nitrogens with one attached hydrogen (secondary N) is 3. The summed E-state index contributed by atoms with van der Waals surface area (Å²) in [6.07, 6.45) is -0.237. The van der Waals surface area contributed by atoms with Crippen LogP contribution in [0.15, 0.2) is 36.4 Å². The highest BCUT2D eigenvalue weighted by Gasteiger charge is 2.17. The quantitative estimate of drug-likeness (QED) is 0.490. The van der Waals surface area contributed by atoms with Gasteiger partial charge in [0, 0.05) is 30.2 Å². The first kappa shape index (κ1) is 21.8. The van der Waals surface area contributed by atoms with E-state index in [9.17, 15) is 24.5 Å². The molecule has 0 bridgehead atoms. The molecule has 0 aliphatic carbocycles. The summed E-state index contributed by atoms with van der Waals surface area (Å²) < 4.78 is 0. The second kappa shape index (κ2) is 9.65. The molecule has 0 spiro atoms. The van der Waals surface area contributed by atoms with Crippen molar-refractivity contribution in [2.24, 2.45) is 0 Å². The van der Waals surface area contributed by atoms with Gasteiger partial charge in [-0.05, 0) is 43.2 Å². The molecule has 0 fully saturated rings. The van der Waals surface area contributed by atoms with Crippen LogP contribution in [0.4, 0.5) is 11.4 Å². The van der Waals surface area contributed by atoms with Crippen LogP contribution in [0.3, 0.4) is 0 Å². The molecule has 2 rings (SSSR count). The zero-order chi connectivity index (χ0) is 21.6. The number of halogens is 1. The van der Waals surface area contributed by atoms with E-state index < -0.39 is 22.4 Å². The maximum Gasteiger partial charge on any atom is 0.288 e. The van der Waals surface area contributed by atoms with Crippen molar-refractivity contribution < 1.29 is 19.3 Å². The molecule has 2 aromatic carbocycles. The molecule has 9 nitrogen and oxygen atoms in total. The monoisotopic (exact) mass is 418 g/mol. The average molecular weight is 419 g/mol. The fraction of sp³-hybridized carbons (Fsp3) is 0.211. The van der Waals surface area contributed by atoms with Gasteiger partial charge in [0.05, 0.1) is 4.92 Å². The Kier molecular flexibility index (Phi) is 7.27. The molecular weight excluding hydrogens is 400 g/mol. The number of aryl methyl sites for hydroxylation is 2. The van der Waals surface area contributed by atoms with Gasteiger partial charge in [-0.3, -0.25) is 35.3 Å². The number of hydrogen-bond acceptors (Lipinski definition) is 5. The maximum atomic E-state index is 12.0. The highest BCUT2D eigenvalue weighted by Crippen LogP contribution is 2.24. The van der Waals surface area contributed by atoms with Crippen molar-refractivity contribution in [3.8, 4) is 0 Å². The number of nitro benzene ring substituents is 1. The molecule has 0 aliphatic rings. The van der Waals surface area contributed by atoms with Crippen molar-refractivity contribution in [1.82, 2.24) is 10.9 Å².